The zero-order valence-electron chi connectivity index (χ0n) is 6.93. The number of alkyl halides is 3. The maximum Gasteiger partial charge on any atom is 0.305 e. The van der Waals surface area contributed by atoms with Gasteiger partial charge in [0.15, 0.2) is 4.33 Å². The second kappa shape index (κ2) is 4.22. The molecule has 1 aliphatic heterocycles. The van der Waals surface area contributed by atoms with E-state index in [1.807, 2.05) is 0 Å². The molecule has 0 N–H and O–H groups in total. The molecule has 0 aromatic carbocycles. The highest BCUT2D eigenvalue weighted by Gasteiger charge is 2.44. The minimum atomic E-state index is -1.25. The smallest absolute Gasteiger partial charge is 0.305 e. The van der Waals surface area contributed by atoms with Crippen LogP contribution in [0.15, 0.2) is 0 Å². The van der Waals surface area contributed by atoms with E-state index in [4.69, 9.17) is 44.3 Å². The second-order valence-electron chi connectivity index (χ2n) is 2.84. The van der Waals surface area contributed by atoms with E-state index < -0.39 is 16.6 Å². The summed E-state index contributed by atoms with van der Waals surface area (Å²) in [7, 11) is 0. The van der Waals surface area contributed by atoms with Crippen LogP contribution >= 0.6 is 34.8 Å². The van der Waals surface area contributed by atoms with E-state index in [1.165, 1.54) is 6.92 Å². The third kappa shape index (κ3) is 3.17. The van der Waals surface area contributed by atoms with Crippen molar-refractivity contribution in [1.82, 2.24) is 0 Å². The third-order valence-electron chi connectivity index (χ3n) is 1.54. The monoisotopic (exact) mass is 246 g/mol. The van der Waals surface area contributed by atoms with E-state index in [0.717, 1.165) is 0 Å². The third-order valence-corrected chi connectivity index (χ3v) is 2.49. The second-order valence-corrected chi connectivity index (χ2v) is 5.00. The fourth-order valence-corrected chi connectivity index (χ4v) is 2.10. The molecule has 0 amide bonds. The van der Waals surface area contributed by atoms with Gasteiger partial charge in [-0.15, -0.1) is 11.6 Å². The Morgan fingerprint density at radius 2 is 2.23 bits per heavy atom. The summed E-state index contributed by atoms with van der Waals surface area (Å²) in [4.78, 5) is 10.6. The molecule has 0 saturated carbocycles. The van der Waals surface area contributed by atoms with Crippen molar-refractivity contribution in [1.29, 1.82) is 0 Å². The highest BCUT2D eigenvalue weighted by molar-refractivity contribution is 6.49. The van der Waals surface area contributed by atoms with Crippen molar-refractivity contribution >= 4 is 40.8 Å². The summed E-state index contributed by atoms with van der Waals surface area (Å²) in [6, 6.07) is 0. The minimum Gasteiger partial charge on any atom is -0.433 e. The quantitative estimate of drug-likeness (QED) is 0.526. The number of carbonyl (C=O) groups is 1. The maximum atomic E-state index is 10.6. The standard InChI is InChI=1S/C7H9Cl3O3/c1-4(11)13-6-7(9,10)2-5(8)3-12-6/h5-6H,2-3H2,1H3. The Kier molecular flexibility index (Phi) is 3.69. The maximum absolute atomic E-state index is 10.6. The molecular formula is C7H9Cl3O3. The molecule has 2 unspecified atom stereocenters. The summed E-state index contributed by atoms with van der Waals surface area (Å²) in [5, 5.41) is -0.248. The number of hydrogen-bond donors (Lipinski definition) is 0. The Bertz CT molecular complexity index is 207. The first kappa shape index (κ1) is 11.4. The summed E-state index contributed by atoms with van der Waals surface area (Å²) in [5.74, 6) is -0.483. The highest BCUT2D eigenvalue weighted by Crippen LogP contribution is 2.38. The van der Waals surface area contributed by atoms with E-state index >= 15 is 0 Å². The zero-order valence-corrected chi connectivity index (χ0v) is 9.20. The van der Waals surface area contributed by atoms with Gasteiger partial charge < -0.3 is 9.47 Å². The molecule has 0 spiro atoms. The summed E-state index contributed by atoms with van der Waals surface area (Å²) in [6.07, 6.45) is -0.598. The molecule has 1 fully saturated rings. The largest absolute Gasteiger partial charge is 0.433 e. The van der Waals surface area contributed by atoms with Crippen molar-refractivity contribution in [3.8, 4) is 0 Å². The van der Waals surface area contributed by atoms with E-state index in [9.17, 15) is 4.79 Å². The average Bonchev–Trinajstić information content (AvgIpc) is 1.93. The minimum absolute atomic E-state index is 0.248. The average molecular weight is 248 g/mol. The van der Waals surface area contributed by atoms with Gasteiger partial charge in [0.05, 0.1) is 12.0 Å². The van der Waals surface area contributed by atoms with Crippen LogP contribution in [0.25, 0.3) is 0 Å². The van der Waals surface area contributed by atoms with Crippen molar-refractivity contribution in [2.75, 3.05) is 6.61 Å². The lowest BCUT2D eigenvalue weighted by Gasteiger charge is -2.35. The number of esters is 1. The van der Waals surface area contributed by atoms with E-state index in [-0.39, 0.29) is 12.0 Å². The van der Waals surface area contributed by atoms with Crippen LogP contribution in [0.5, 0.6) is 0 Å². The molecule has 0 radical (unpaired) electrons. The Balaban J connectivity index is 2.59. The molecule has 2 atom stereocenters. The Morgan fingerprint density at radius 1 is 1.62 bits per heavy atom. The fraction of sp³-hybridized carbons (Fsp3) is 0.857. The summed E-state index contributed by atoms with van der Waals surface area (Å²) < 4.78 is 8.59. The van der Waals surface area contributed by atoms with Crippen LogP contribution in [0.3, 0.4) is 0 Å². The lowest BCUT2D eigenvalue weighted by Crippen LogP contribution is -2.45. The first-order valence-electron chi connectivity index (χ1n) is 3.72. The van der Waals surface area contributed by atoms with Gasteiger partial charge in [-0.05, 0) is 0 Å². The number of hydrogen-bond acceptors (Lipinski definition) is 3. The van der Waals surface area contributed by atoms with Crippen molar-refractivity contribution in [3.63, 3.8) is 0 Å². The summed E-state index contributed by atoms with van der Waals surface area (Å²) >= 11 is 17.5. The predicted octanol–water partition coefficient (Wildman–Crippen LogP) is 2.08. The van der Waals surface area contributed by atoms with Crippen LogP contribution in [-0.4, -0.2) is 28.6 Å². The number of carbonyl (C=O) groups excluding carboxylic acids is 1. The highest BCUT2D eigenvalue weighted by atomic mass is 35.5. The fourth-order valence-electron chi connectivity index (χ4n) is 1.04. The topological polar surface area (TPSA) is 35.5 Å². The van der Waals surface area contributed by atoms with Crippen molar-refractivity contribution in [2.24, 2.45) is 0 Å². The van der Waals surface area contributed by atoms with Crippen LogP contribution in [0.1, 0.15) is 13.3 Å². The predicted molar refractivity (Wildman–Crippen MR) is 50.2 cm³/mol. The van der Waals surface area contributed by atoms with E-state index in [2.05, 4.69) is 0 Å². The SMILES string of the molecule is CC(=O)OC1OCC(Cl)CC1(Cl)Cl. The Labute approximate surface area is 91.2 Å². The molecule has 0 aromatic rings. The zero-order chi connectivity index (χ0) is 10.1. The van der Waals surface area contributed by atoms with Crippen LogP contribution < -0.4 is 0 Å². The van der Waals surface area contributed by atoms with Gasteiger partial charge in [0, 0.05) is 13.3 Å². The molecule has 76 valence electrons. The molecule has 1 heterocycles. The van der Waals surface area contributed by atoms with Gasteiger partial charge in [-0.1, -0.05) is 23.2 Å². The molecule has 0 bridgehead atoms. The van der Waals surface area contributed by atoms with Crippen LogP contribution in [0.4, 0.5) is 0 Å². The van der Waals surface area contributed by atoms with Crippen LogP contribution in [-0.2, 0) is 14.3 Å². The molecule has 1 saturated heterocycles. The number of ether oxygens (including phenoxy) is 2. The van der Waals surface area contributed by atoms with Gasteiger partial charge in [-0.3, -0.25) is 4.79 Å². The molecule has 1 rings (SSSR count). The normalized spacial score (nSPS) is 32.6. The van der Waals surface area contributed by atoms with Gasteiger partial charge in [-0.2, -0.15) is 0 Å². The number of halogens is 3. The molecule has 3 nitrogen and oxygen atoms in total. The molecule has 6 heteroatoms. The molecule has 13 heavy (non-hydrogen) atoms. The Morgan fingerprint density at radius 3 is 2.69 bits per heavy atom. The van der Waals surface area contributed by atoms with Gasteiger partial charge in [0.25, 0.3) is 0 Å². The first-order chi connectivity index (χ1) is 5.92. The Hall–Kier alpha value is 0.300. The summed E-state index contributed by atoms with van der Waals surface area (Å²) in [6.45, 7) is 1.54. The van der Waals surface area contributed by atoms with Gasteiger partial charge in [-0.25, -0.2) is 0 Å². The van der Waals surface area contributed by atoms with Crippen LogP contribution in [0, 0.1) is 0 Å². The van der Waals surface area contributed by atoms with Crippen molar-refractivity contribution in [2.45, 2.75) is 29.3 Å². The molecule has 0 aromatic heterocycles. The number of rotatable bonds is 1. The lowest BCUT2D eigenvalue weighted by molar-refractivity contribution is -0.186. The van der Waals surface area contributed by atoms with Gasteiger partial charge in [0.1, 0.15) is 0 Å². The van der Waals surface area contributed by atoms with E-state index in [0.29, 0.717) is 6.42 Å². The van der Waals surface area contributed by atoms with Gasteiger partial charge >= 0.3 is 5.97 Å². The first-order valence-corrected chi connectivity index (χ1v) is 4.92. The van der Waals surface area contributed by atoms with Crippen LogP contribution in [0.2, 0.25) is 0 Å². The summed E-state index contributed by atoms with van der Waals surface area (Å²) in [5.41, 5.74) is 0. The van der Waals surface area contributed by atoms with E-state index in [1.54, 1.807) is 0 Å². The molecular weight excluding hydrogens is 238 g/mol. The van der Waals surface area contributed by atoms with Crippen molar-refractivity contribution in [3.05, 3.63) is 0 Å². The lowest BCUT2D eigenvalue weighted by atomic mass is 10.2. The van der Waals surface area contributed by atoms with Crippen molar-refractivity contribution < 1.29 is 14.3 Å². The van der Waals surface area contributed by atoms with Gasteiger partial charge in [0.2, 0.25) is 6.29 Å². The molecule has 0 aliphatic carbocycles. The molecule has 1 aliphatic rings.